The van der Waals surface area contributed by atoms with E-state index in [1.54, 1.807) is 0 Å². The van der Waals surface area contributed by atoms with Gasteiger partial charge in [0.15, 0.2) is 0 Å². The molecule has 2 aliphatic rings. The maximum atomic E-state index is 5.28. The quantitative estimate of drug-likeness (QED) is 0.297. The SMILES string of the molecule is Cc1ccc2c3c1nc(-c1ccccc1)n3-c1cccc3c1B2c1ccc(C)c2nc(-c4ccccc4)n-3c12. The summed E-state index contributed by atoms with van der Waals surface area (Å²) >= 11 is 0. The molecule has 9 rings (SSSR count). The summed E-state index contributed by atoms with van der Waals surface area (Å²) in [5.41, 5.74) is 15.6. The number of aromatic nitrogens is 4. The van der Waals surface area contributed by atoms with Gasteiger partial charge in [-0.05, 0) is 53.5 Å². The number of nitrogens with zero attached hydrogens (tertiary/aromatic N) is 4. The van der Waals surface area contributed by atoms with Crippen LogP contribution in [0.4, 0.5) is 0 Å². The van der Waals surface area contributed by atoms with Crippen molar-refractivity contribution in [3.63, 3.8) is 0 Å². The molecule has 0 saturated carbocycles. The molecule has 4 nitrogen and oxygen atoms in total. The fraction of sp³-hybridized carbons (Fsp3) is 0.0588. The molecule has 182 valence electrons. The lowest BCUT2D eigenvalue weighted by molar-refractivity contribution is 1.07. The van der Waals surface area contributed by atoms with E-state index in [0.717, 1.165) is 33.8 Å². The molecule has 5 aromatic carbocycles. The first-order valence-electron chi connectivity index (χ1n) is 13.5. The second kappa shape index (κ2) is 7.36. The molecule has 0 spiro atoms. The van der Waals surface area contributed by atoms with Gasteiger partial charge in [-0.1, -0.05) is 91.0 Å². The molecule has 0 N–H and O–H groups in total. The first-order chi connectivity index (χ1) is 19.2. The van der Waals surface area contributed by atoms with E-state index < -0.39 is 0 Å². The van der Waals surface area contributed by atoms with Crippen LogP contribution < -0.4 is 16.4 Å². The van der Waals surface area contributed by atoms with Crippen molar-refractivity contribution in [1.29, 1.82) is 0 Å². The molecule has 0 radical (unpaired) electrons. The molecule has 7 aromatic rings. The molecule has 2 aromatic heterocycles. The van der Waals surface area contributed by atoms with Gasteiger partial charge in [-0.2, -0.15) is 0 Å². The summed E-state index contributed by atoms with van der Waals surface area (Å²) < 4.78 is 4.80. The van der Waals surface area contributed by atoms with E-state index in [-0.39, 0.29) is 6.71 Å². The van der Waals surface area contributed by atoms with Crippen molar-refractivity contribution in [1.82, 2.24) is 19.1 Å². The van der Waals surface area contributed by atoms with Crippen LogP contribution in [-0.4, -0.2) is 25.8 Å². The molecule has 39 heavy (non-hydrogen) atoms. The third-order valence-electron chi connectivity index (χ3n) is 8.59. The van der Waals surface area contributed by atoms with Crippen LogP contribution in [0.25, 0.3) is 56.2 Å². The van der Waals surface area contributed by atoms with Gasteiger partial charge in [0.25, 0.3) is 6.71 Å². The minimum absolute atomic E-state index is 0.114. The van der Waals surface area contributed by atoms with Crippen molar-refractivity contribution in [2.45, 2.75) is 13.8 Å². The highest BCUT2D eigenvalue weighted by Gasteiger charge is 2.41. The molecule has 5 heteroatoms. The molecule has 0 unspecified atom stereocenters. The smallest absolute Gasteiger partial charge is 0.252 e. The Morgan fingerprint density at radius 3 is 1.44 bits per heavy atom. The molecule has 2 aliphatic heterocycles. The van der Waals surface area contributed by atoms with Crippen LogP contribution in [0.3, 0.4) is 0 Å². The Balaban J connectivity index is 1.47. The van der Waals surface area contributed by atoms with Crippen LogP contribution >= 0.6 is 0 Å². The molecular formula is C34H23BN4. The minimum atomic E-state index is 0.114. The van der Waals surface area contributed by atoms with E-state index in [4.69, 9.17) is 9.97 Å². The van der Waals surface area contributed by atoms with Gasteiger partial charge in [-0.3, -0.25) is 9.13 Å². The number of fused-ring (bicyclic) bond motifs is 4. The Morgan fingerprint density at radius 2 is 0.974 bits per heavy atom. The Labute approximate surface area is 226 Å². The molecule has 0 aliphatic carbocycles. The highest BCUT2D eigenvalue weighted by molar-refractivity contribution is 7.00. The van der Waals surface area contributed by atoms with Crippen LogP contribution in [0.5, 0.6) is 0 Å². The Hall–Kier alpha value is -4.90. The van der Waals surface area contributed by atoms with Gasteiger partial charge >= 0.3 is 0 Å². The van der Waals surface area contributed by atoms with Gasteiger partial charge in [-0.25, -0.2) is 9.97 Å². The van der Waals surface area contributed by atoms with Gasteiger partial charge in [-0.15, -0.1) is 0 Å². The largest absolute Gasteiger partial charge is 0.293 e. The number of benzene rings is 5. The van der Waals surface area contributed by atoms with E-state index in [0.29, 0.717) is 0 Å². The summed E-state index contributed by atoms with van der Waals surface area (Å²) in [6.45, 7) is 4.45. The zero-order valence-corrected chi connectivity index (χ0v) is 21.7. The van der Waals surface area contributed by atoms with Crippen LogP contribution in [0, 0.1) is 13.8 Å². The second-order valence-electron chi connectivity index (χ2n) is 10.8. The fourth-order valence-electron chi connectivity index (χ4n) is 6.87. The van der Waals surface area contributed by atoms with Crippen molar-refractivity contribution in [2.75, 3.05) is 0 Å². The average Bonchev–Trinajstić information content (AvgIpc) is 3.59. The van der Waals surface area contributed by atoms with Gasteiger partial charge in [0, 0.05) is 22.5 Å². The molecule has 4 heterocycles. The first-order valence-corrected chi connectivity index (χ1v) is 13.5. The minimum Gasteiger partial charge on any atom is -0.293 e. The van der Waals surface area contributed by atoms with Crippen molar-refractivity contribution in [3.05, 3.63) is 114 Å². The first kappa shape index (κ1) is 21.1. The van der Waals surface area contributed by atoms with Crippen molar-refractivity contribution >= 4 is 45.2 Å². The lowest BCUT2D eigenvalue weighted by Crippen LogP contribution is -2.59. The van der Waals surface area contributed by atoms with E-state index in [9.17, 15) is 0 Å². The second-order valence-corrected chi connectivity index (χ2v) is 10.8. The number of imidazole rings is 2. The Morgan fingerprint density at radius 1 is 0.513 bits per heavy atom. The predicted molar refractivity (Wildman–Crippen MR) is 161 cm³/mol. The Bertz CT molecular complexity index is 1990. The average molecular weight is 498 g/mol. The topological polar surface area (TPSA) is 35.6 Å². The molecule has 0 amide bonds. The molecular weight excluding hydrogens is 475 g/mol. The number of hydrogen-bond acceptors (Lipinski definition) is 2. The van der Waals surface area contributed by atoms with Crippen LogP contribution in [0.1, 0.15) is 11.1 Å². The van der Waals surface area contributed by atoms with E-state index in [2.05, 4.69) is 126 Å². The lowest BCUT2D eigenvalue weighted by atomic mass is 9.34. The molecule has 0 bridgehead atoms. The number of aryl methyl sites for hydroxylation is 2. The highest BCUT2D eigenvalue weighted by atomic mass is 15.1. The molecule has 0 saturated heterocycles. The molecule has 0 atom stereocenters. The van der Waals surface area contributed by atoms with Crippen molar-refractivity contribution in [3.8, 4) is 34.2 Å². The summed E-state index contributed by atoms with van der Waals surface area (Å²) in [5, 5.41) is 0. The standard InChI is InChI=1S/C34H23BN4/c1-20-16-18-24-31-29(20)36-33(22-10-5-3-6-11-22)38(31)26-14-9-15-27-28(26)35(24)25-19-17-21(2)30-32(25)39(27)34(37-30)23-12-7-4-8-13-23/h3-19H,1-2H3. The van der Waals surface area contributed by atoms with Crippen LogP contribution in [0.2, 0.25) is 0 Å². The third kappa shape index (κ3) is 2.59. The van der Waals surface area contributed by atoms with Gasteiger partial charge < -0.3 is 0 Å². The summed E-state index contributed by atoms with van der Waals surface area (Å²) in [7, 11) is 0. The monoisotopic (exact) mass is 498 g/mol. The van der Waals surface area contributed by atoms with E-state index >= 15 is 0 Å². The van der Waals surface area contributed by atoms with Gasteiger partial charge in [0.1, 0.15) is 11.6 Å². The maximum Gasteiger partial charge on any atom is 0.252 e. The van der Waals surface area contributed by atoms with Gasteiger partial charge in [0.2, 0.25) is 0 Å². The zero-order valence-electron chi connectivity index (χ0n) is 21.7. The third-order valence-corrected chi connectivity index (χ3v) is 8.59. The van der Waals surface area contributed by atoms with Crippen LogP contribution in [-0.2, 0) is 0 Å². The molecule has 0 fully saturated rings. The van der Waals surface area contributed by atoms with E-state index in [1.807, 2.05) is 0 Å². The number of hydrogen-bond donors (Lipinski definition) is 0. The predicted octanol–water partition coefficient (Wildman–Crippen LogP) is 5.46. The lowest BCUT2D eigenvalue weighted by Gasteiger charge is -2.33. The highest BCUT2D eigenvalue weighted by Crippen LogP contribution is 2.37. The van der Waals surface area contributed by atoms with Crippen LogP contribution in [0.15, 0.2) is 103 Å². The van der Waals surface area contributed by atoms with E-state index in [1.165, 1.54) is 49.9 Å². The summed E-state index contributed by atoms with van der Waals surface area (Å²) in [6.07, 6.45) is 0. The van der Waals surface area contributed by atoms with Gasteiger partial charge in [0.05, 0.1) is 22.1 Å². The summed E-state index contributed by atoms with van der Waals surface area (Å²) in [4.78, 5) is 10.6. The Kier molecular flexibility index (Phi) is 3.98. The normalized spacial score (nSPS) is 12.8. The zero-order chi connectivity index (χ0) is 25.8. The maximum absolute atomic E-state index is 5.28. The van der Waals surface area contributed by atoms with Crippen molar-refractivity contribution in [2.24, 2.45) is 0 Å². The summed E-state index contributed by atoms with van der Waals surface area (Å²) in [6, 6.07) is 37.0. The van der Waals surface area contributed by atoms with Crippen molar-refractivity contribution < 1.29 is 0 Å². The summed E-state index contributed by atoms with van der Waals surface area (Å²) in [5.74, 6) is 1.98. The fourth-order valence-corrected chi connectivity index (χ4v) is 6.87. The number of rotatable bonds is 2.